The number of aromatic nitrogens is 2. The number of ether oxygens (including phenoxy) is 2. The van der Waals surface area contributed by atoms with E-state index in [1.807, 2.05) is 66.7 Å². The lowest BCUT2D eigenvalue weighted by Gasteiger charge is -2.10. The zero-order valence-electron chi connectivity index (χ0n) is 24.2. The van der Waals surface area contributed by atoms with Crippen LogP contribution in [0.25, 0.3) is 44.1 Å². The highest BCUT2D eigenvalue weighted by Gasteiger charge is 2.09. The van der Waals surface area contributed by atoms with Crippen molar-refractivity contribution in [2.75, 3.05) is 19.6 Å². The van der Waals surface area contributed by atoms with Crippen molar-refractivity contribution in [1.29, 1.82) is 0 Å². The van der Waals surface area contributed by atoms with Crippen LogP contribution in [0.3, 0.4) is 0 Å². The lowest BCUT2D eigenvalue weighted by atomic mass is 10.00. The van der Waals surface area contributed by atoms with Crippen LogP contribution in [0, 0.1) is 0 Å². The van der Waals surface area contributed by atoms with E-state index < -0.39 is 0 Å². The number of nitrogens with zero attached hydrogens (tertiary/aromatic N) is 2. The van der Waals surface area contributed by atoms with Crippen LogP contribution >= 0.6 is 70.5 Å². The molecule has 6 nitrogen and oxygen atoms in total. The van der Waals surface area contributed by atoms with Gasteiger partial charge < -0.3 is 19.7 Å². The molecule has 0 unspecified atom stereocenters. The molecule has 0 saturated carbocycles. The van der Waals surface area contributed by atoms with Gasteiger partial charge in [-0.1, -0.05) is 36.4 Å². The molecule has 6 rings (SSSR count). The van der Waals surface area contributed by atoms with Crippen LogP contribution in [0.1, 0.15) is 0 Å². The quantitative estimate of drug-likeness (QED) is 0.136. The standard InChI is InChI=1S/C17H15NO2.C15H11NO2.CH2Cl2.BBr3/c1-19-13-7-5-12(6-8-13)14-9-10-16(20-2)17-15(14)4-3-11-18-17;17-11-5-3-10(4-6-11)12-7-8-14(18)15-13(12)2-1-9-16-15;2-1-3;2-1(3)4/h3-11H,1-2H3;1-9,17-18H;1H2;. The minimum Gasteiger partial charge on any atom is -0.508 e. The molecule has 4 aromatic carbocycles. The minimum atomic E-state index is 0.174. The molecule has 12 heteroatoms. The Morgan fingerprint density at radius 3 is 1.62 bits per heavy atom. The van der Waals surface area contributed by atoms with Crippen LogP contribution in [-0.2, 0) is 0 Å². The van der Waals surface area contributed by atoms with E-state index >= 15 is 0 Å². The summed E-state index contributed by atoms with van der Waals surface area (Å²) in [6, 6.07) is 30.2. The molecule has 0 bridgehead atoms. The topological polar surface area (TPSA) is 84.7 Å². The molecule has 0 saturated heterocycles. The number of phenolic OH excluding ortho intramolecular Hbond substituents is 2. The average molecular weight is 838 g/mol. The van der Waals surface area contributed by atoms with Gasteiger partial charge in [0.2, 0.25) is 0 Å². The van der Waals surface area contributed by atoms with E-state index in [4.69, 9.17) is 32.7 Å². The van der Waals surface area contributed by atoms with Crippen molar-refractivity contribution in [3.05, 3.63) is 109 Å². The number of phenols is 2. The molecule has 2 heterocycles. The van der Waals surface area contributed by atoms with Gasteiger partial charge in [0.05, 0.1) is 19.6 Å². The highest BCUT2D eigenvalue weighted by atomic mass is 79.9. The summed E-state index contributed by atoms with van der Waals surface area (Å²) in [6.07, 6.45) is 3.44. The van der Waals surface area contributed by atoms with Crippen molar-refractivity contribution < 1.29 is 19.7 Å². The molecule has 0 amide bonds. The summed E-state index contributed by atoms with van der Waals surface area (Å²) in [5, 5.41) is 21.3. The van der Waals surface area contributed by atoms with Crippen molar-refractivity contribution in [1.82, 2.24) is 9.97 Å². The van der Waals surface area contributed by atoms with E-state index in [-0.39, 0.29) is 20.0 Å². The van der Waals surface area contributed by atoms with Crippen molar-refractivity contribution in [3.8, 4) is 45.3 Å². The highest BCUT2D eigenvalue weighted by molar-refractivity contribution is 9.69. The van der Waals surface area contributed by atoms with E-state index in [0.29, 0.717) is 5.52 Å². The Labute approximate surface area is 297 Å². The third kappa shape index (κ3) is 10.5. The van der Waals surface area contributed by atoms with Crippen molar-refractivity contribution in [2.24, 2.45) is 0 Å². The highest BCUT2D eigenvalue weighted by Crippen LogP contribution is 2.34. The predicted octanol–water partition coefficient (Wildman–Crippen LogP) is 10.8. The van der Waals surface area contributed by atoms with Gasteiger partial charge in [-0.05, 0) is 82.9 Å². The Morgan fingerprint density at radius 1 is 0.644 bits per heavy atom. The molecular weight excluding hydrogens is 810 g/mol. The van der Waals surface area contributed by atoms with Gasteiger partial charge in [-0.2, -0.15) is 0 Å². The zero-order valence-corrected chi connectivity index (χ0v) is 30.4. The van der Waals surface area contributed by atoms with Crippen LogP contribution in [-0.4, -0.2) is 42.9 Å². The van der Waals surface area contributed by atoms with Crippen LogP contribution in [0.2, 0.25) is 0 Å². The fraction of sp³-hybridized carbons (Fsp3) is 0.0909. The summed E-state index contributed by atoms with van der Waals surface area (Å²) in [5.41, 5.74) is 5.69. The van der Waals surface area contributed by atoms with Gasteiger partial charge >= 0.3 is 3.18 Å². The summed E-state index contributed by atoms with van der Waals surface area (Å²) in [5.74, 6) is 2.05. The first-order valence-electron chi connectivity index (χ1n) is 13.2. The third-order valence-electron chi connectivity index (χ3n) is 6.28. The second-order valence-corrected chi connectivity index (χ2v) is 16.1. The molecule has 0 aliphatic rings. The molecule has 0 aliphatic carbocycles. The number of fused-ring (bicyclic) bond motifs is 2. The van der Waals surface area contributed by atoms with Crippen LogP contribution in [0.15, 0.2) is 109 Å². The first-order valence-corrected chi connectivity index (χ1v) is 17.0. The van der Waals surface area contributed by atoms with Gasteiger partial charge in [-0.3, -0.25) is 9.97 Å². The molecule has 0 fully saturated rings. The summed E-state index contributed by atoms with van der Waals surface area (Å²) >= 11 is 18.8. The Kier molecular flexibility index (Phi) is 15.3. The van der Waals surface area contributed by atoms with Gasteiger partial charge in [0.25, 0.3) is 0 Å². The lowest BCUT2D eigenvalue weighted by molar-refractivity contribution is 0.415. The molecule has 2 N–H and O–H groups in total. The number of halogens is 5. The number of benzene rings is 4. The molecule has 6 aromatic rings. The van der Waals surface area contributed by atoms with E-state index in [1.165, 1.54) is 0 Å². The Morgan fingerprint density at radius 2 is 1.11 bits per heavy atom. The minimum absolute atomic E-state index is 0.174. The lowest BCUT2D eigenvalue weighted by Crippen LogP contribution is -1.90. The van der Waals surface area contributed by atoms with E-state index in [1.54, 1.807) is 44.8 Å². The van der Waals surface area contributed by atoms with E-state index in [2.05, 4.69) is 69.4 Å². The Balaban J connectivity index is 0.000000205. The molecule has 0 atom stereocenters. The fourth-order valence-corrected chi connectivity index (χ4v) is 4.38. The second-order valence-electron chi connectivity index (χ2n) is 8.87. The Bertz CT molecular complexity index is 1800. The molecule has 45 heavy (non-hydrogen) atoms. The molecule has 0 radical (unpaired) electrons. The number of aromatic hydroxyl groups is 2. The Hall–Kier alpha value is -3.02. The number of methoxy groups -OCH3 is 2. The summed E-state index contributed by atoms with van der Waals surface area (Å²) in [7, 11) is 3.33. The number of pyridine rings is 2. The number of rotatable bonds is 4. The smallest absolute Gasteiger partial charge is 0.369 e. The number of alkyl halides is 2. The first-order chi connectivity index (χ1) is 21.7. The summed E-state index contributed by atoms with van der Waals surface area (Å²) in [4.78, 5) is 8.61. The van der Waals surface area contributed by atoms with E-state index in [0.717, 1.165) is 50.0 Å². The molecule has 0 aliphatic heterocycles. The number of hydrogen-bond donors (Lipinski definition) is 2. The second kappa shape index (κ2) is 18.8. The van der Waals surface area contributed by atoms with Crippen molar-refractivity contribution in [3.63, 3.8) is 0 Å². The molecule has 232 valence electrons. The van der Waals surface area contributed by atoms with Crippen LogP contribution in [0.4, 0.5) is 0 Å². The van der Waals surface area contributed by atoms with Crippen molar-refractivity contribution in [2.45, 2.75) is 0 Å². The van der Waals surface area contributed by atoms with E-state index in [9.17, 15) is 10.2 Å². The monoisotopic (exact) mass is 834 g/mol. The summed E-state index contributed by atoms with van der Waals surface area (Å²) < 4.78 is 10.8. The third-order valence-corrected chi connectivity index (χ3v) is 6.28. The average Bonchev–Trinajstić information content (AvgIpc) is 3.06. The van der Waals surface area contributed by atoms with Gasteiger partial charge in [0, 0.05) is 23.2 Å². The summed E-state index contributed by atoms with van der Waals surface area (Å²) in [6.45, 7) is 0. The maximum absolute atomic E-state index is 9.78. The van der Waals surface area contributed by atoms with Crippen LogP contribution < -0.4 is 9.47 Å². The molecular formula is C33H28BBr3Cl2N2O4. The fourth-order valence-electron chi connectivity index (χ4n) is 4.38. The first kappa shape index (κ1) is 36.5. The normalized spacial score (nSPS) is 9.93. The number of hydrogen-bond acceptors (Lipinski definition) is 6. The van der Waals surface area contributed by atoms with Gasteiger partial charge in [0.15, 0.2) is 0 Å². The zero-order chi connectivity index (χ0) is 32.8. The van der Waals surface area contributed by atoms with Gasteiger partial charge in [0.1, 0.15) is 34.0 Å². The maximum Gasteiger partial charge on any atom is 0.369 e. The van der Waals surface area contributed by atoms with Crippen molar-refractivity contribution >= 4 is 95.5 Å². The van der Waals surface area contributed by atoms with Crippen LogP contribution in [0.5, 0.6) is 23.0 Å². The maximum atomic E-state index is 9.78. The van der Waals surface area contributed by atoms with Gasteiger partial charge in [-0.15, -0.1) is 70.5 Å². The molecule has 2 aromatic heterocycles. The van der Waals surface area contributed by atoms with Gasteiger partial charge in [-0.25, -0.2) is 0 Å². The predicted molar refractivity (Wildman–Crippen MR) is 200 cm³/mol. The SMILES string of the molecule is BrB(Br)Br.COc1ccc(-c2ccc(OC)c3ncccc23)cc1.ClCCl.Oc1ccc(-c2ccc(O)c3ncccc23)cc1. The molecule has 0 spiro atoms. The largest absolute Gasteiger partial charge is 0.508 e.